The Balaban J connectivity index is 1.12. The van der Waals surface area contributed by atoms with Crippen LogP contribution in [0.5, 0.6) is 0 Å². The minimum Gasteiger partial charge on any atom is -0.309 e. The number of benzene rings is 9. The molecular formula is C67H35N11. The maximum absolute atomic E-state index is 11.6. The van der Waals surface area contributed by atoms with Crippen LogP contribution in [0.1, 0.15) is 27.8 Å². The minimum absolute atomic E-state index is 0.305. The highest BCUT2D eigenvalue weighted by Gasteiger charge is 2.25. The van der Waals surface area contributed by atoms with Crippen LogP contribution in [0.3, 0.4) is 0 Å². The highest BCUT2D eigenvalue weighted by atomic mass is 15.0. The molecule has 0 aliphatic rings. The van der Waals surface area contributed by atoms with E-state index < -0.39 is 0 Å². The van der Waals surface area contributed by atoms with Gasteiger partial charge in [0.1, 0.15) is 6.07 Å². The lowest BCUT2D eigenvalue weighted by Gasteiger charge is -2.18. The molecule has 0 radical (unpaired) electrons. The predicted octanol–water partition coefficient (Wildman–Crippen LogP) is 14.8. The zero-order chi connectivity index (χ0) is 52.9. The molecule has 11 nitrogen and oxygen atoms in total. The third-order valence-corrected chi connectivity index (χ3v) is 14.2. The fourth-order valence-corrected chi connectivity index (χ4v) is 10.6. The van der Waals surface area contributed by atoms with Gasteiger partial charge in [0.25, 0.3) is 0 Å². The van der Waals surface area contributed by atoms with Crippen molar-refractivity contribution < 1.29 is 0 Å². The predicted molar refractivity (Wildman–Crippen MR) is 302 cm³/mol. The van der Waals surface area contributed by atoms with Gasteiger partial charge in [0.2, 0.25) is 0 Å². The summed E-state index contributed by atoms with van der Waals surface area (Å²) in [7, 11) is 0. The molecule has 0 N–H and O–H groups in total. The first-order chi connectivity index (χ1) is 38.4. The van der Waals surface area contributed by atoms with Gasteiger partial charge in [-0.05, 0) is 107 Å². The van der Waals surface area contributed by atoms with E-state index in [4.69, 9.17) is 19.9 Å². The normalized spacial score (nSPS) is 11.0. The first-order valence-electron chi connectivity index (χ1n) is 24.8. The van der Waals surface area contributed by atoms with Crippen molar-refractivity contribution in [2.75, 3.05) is 0 Å². The molecule has 4 aromatic heterocycles. The van der Waals surface area contributed by atoms with Gasteiger partial charge >= 0.3 is 0 Å². The van der Waals surface area contributed by atoms with Crippen LogP contribution in [0.25, 0.3) is 123 Å². The van der Waals surface area contributed by atoms with E-state index >= 15 is 0 Å². The summed E-state index contributed by atoms with van der Waals surface area (Å²) in [4.78, 5) is 20.3. The second-order valence-electron chi connectivity index (χ2n) is 18.6. The monoisotopic (exact) mass is 993 g/mol. The van der Waals surface area contributed by atoms with E-state index in [9.17, 15) is 26.3 Å². The molecule has 78 heavy (non-hydrogen) atoms. The molecule has 0 amide bonds. The van der Waals surface area contributed by atoms with Crippen LogP contribution in [-0.2, 0) is 0 Å². The van der Waals surface area contributed by atoms with Gasteiger partial charge in [-0.3, -0.25) is 4.98 Å². The Morgan fingerprint density at radius 2 is 0.795 bits per heavy atom. The molecule has 0 fully saturated rings. The van der Waals surface area contributed by atoms with Crippen LogP contribution < -0.4 is 0 Å². The quantitative estimate of drug-likeness (QED) is 0.143. The van der Waals surface area contributed by atoms with Gasteiger partial charge in [0.05, 0.1) is 85.5 Å². The highest BCUT2D eigenvalue weighted by molar-refractivity contribution is 6.13. The summed E-state index contributed by atoms with van der Waals surface area (Å²) in [5.74, 6) is 1.29. The van der Waals surface area contributed by atoms with Crippen molar-refractivity contribution in [1.82, 2.24) is 29.1 Å². The summed E-state index contributed by atoms with van der Waals surface area (Å²) in [6.45, 7) is 0. The number of nitriles is 5. The SMILES string of the molecule is N#Cc1ccc(-c2ccc3c(c2)c2cc(-c4ccc(C#N)cc4C#N)ccc2n3-c2c(C#N)cc(-c3nc(-c4ccccc4)nc(-c4ccccc4)n3)cc2-c2cc(-n3c4ccccc4c4ccccc43)ccn2)c(C#N)c1. The van der Waals surface area contributed by atoms with Gasteiger partial charge in [-0.25, -0.2) is 15.0 Å². The molecule has 0 atom stereocenters. The Kier molecular flexibility index (Phi) is 11.2. The number of nitrogens with zero attached hydrogens (tertiary/aromatic N) is 11. The molecule has 11 heteroatoms. The lowest BCUT2D eigenvalue weighted by Crippen LogP contribution is -2.05. The van der Waals surface area contributed by atoms with Crippen LogP contribution in [0.15, 0.2) is 212 Å². The molecule has 0 spiro atoms. The largest absolute Gasteiger partial charge is 0.309 e. The van der Waals surface area contributed by atoms with Crippen molar-refractivity contribution >= 4 is 43.6 Å². The summed E-state index contributed by atoms with van der Waals surface area (Å²) < 4.78 is 4.31. The lowest BCUT2D eigenvalue weighted by atomic mass is 9.95. The first-order valence-corrected chi connectivity index (χ1v) is 24.8. The van der Waals surface area contributed by atoms with Crippen molar-refractivity contribution in [1.29, 1.82) is 26.3 Å². The summed E-state index contributed by atoms with van der Waals surface area (Å²) in [6.07, 6.45) is 1.79. The molecule has 0 aliphatic carbocycles. The van der Waals surface area contributed by atoms with Crippen LogP contribution >= 0.6 is 0 Å². The maximum atomic E-state index is 11.6. The summed E-state index contributed by atoms with van der Waals surface area (Å²) in [5.41, 5.74) is 12.7. The fraction of sp³-hybridized carbons (Fsp3) is 0. The standard InChI is InChI=1S/C67H35N11/c68-36-41-19-23-52(48(29-41)38-70)45-21-25-62-56(32-45)57-33-46(53-24-20-42(37-69)30-49(53)39-71)22-26-63(57)78(62)64-50(40-72)31-47(67-75-65(43-11-3-1-4-12-43)74-66(76-67)44-13-5-2-6-14-44)34-58(64)59-35-51(27-28-73-59)77-60-17-9-7-15-54(60)55-16-8-10-18-61(55)77/h1-35H. The first kappa shape index (κ1) is 46.0. The average molecular weight is 994 g/mol. The average Bonchev–Trinajstić information content (AvgIpc) is 4.25. The van der Waals surface area contributed by atoms with E-state index in [0.717, 1.165) is 71.6 Å². The van der Waals surface area contributed by atoms with E-state index in [0.29, 0.717) is 78.9 Å². The topological polar surface area (TPSA) is 180 Å². The number of pyridine rings is 1. The van der Waals surface area contributed by atoms with Crippen molar-refractivity contribution in [3.63, 3.8) is 0 Å². The van der Waals surface area contributed by atoms with E-state index in [1.165, 1.54) is 0 Å². The Morgan fingerprint density at radius 3 is 1.29 bits per heavy atom. The summed E-state index contributed by atoms with van der Waals surface area (Å²) in [6, 6.07) is 77.4. The zero-order valence-corrected chi connectivity index (χ0v) is 41.1. The molecule has 13 rings (SSSR count). The molecule has 13 aromatic rings. The van der Waals surface area contributed by atoms with Crippen LogP contribution in [0.4, 0.5) is 0 Å². The fourth-order valence-electron chi connectivity index (χ4n) is 10.6. The Hall–Kier alpha value is -11.8. The van der Waals surface area contributed by atoms with E-state index in [-0.39, 0.29) is 0 Å². The molecule has 9 aromatic carbocycles. The molecule has 0 saturated carbocycles. The van der Waals surface area contributed by atoms with Gasteiger partial charge in [0.15, 0.2) is 17.5 Å². The molecule has 0 unspecified atom stereocenters. The molecule has 0 saturated heterocycles. The third-order valence-electron chi connectivity index (χ3n) is 14.2. The summed E-state index contributed by atoms with van der Waals surface area (Å²) in [5, 5.41) is 55.6. The van der Waals surface area contributed by atoms with E-state index in [2.05, 4.69) is 63.7 Å². The third kappa shape index (κ3) is 7.72. The van der Waals surface area contributed by atoms with Gasteiger partial charge in [-0.1, -0.05) is 121 Å². The molecule has 4 heterocycles. The van der Waals surface area contributed by atoms with Crippen LogP contribution in [0, 0.1) is 56.7 Å². The van der Waals surface area contributed by atoms with Crippen molar-refractivity contribution in [2.45, 2.75) is 0 Å². The Labute approximate surface area is 446 Å². The minimum atomic E-state index is 0.305. The van der Waals surface area contributed by atoms with Crippen molar-refractivity contribution in [2.24, 2.45) is 0 Å². The second kappa shape index (κ2) is 18.9. The number of rotatable bonds is 8. The van der Waals surface area contributed by atoms with Gasteiger partial charge in [-0.15, -0.1) is 0 Å². The molecular weight excluding hydrogens is 959 g/mol. The van der Waals surface area contributed by atoms with Crippen LogP contribution in [0.2, 0.25) is 0 Å². The highest BCUT2D eigenvalue weighted by Crippen LogP contribution is 2.43. The Bertz CT molecular complexity index is 4620. The summed E-state index contributed by atoms with van der Waals surface area (Å²) >= 11 is 0. The number of fused-ring (bicyclic) bond motifs is 6. The number of hydrogen-bond acceptors (Lipinski definition) is 9. The molecule has 358 valence electrons. The smallest absolute Gasteiger partial charge is 0.164 e. The van der Waals surface area contributed by atoms with Gasteiger partial charge < -0.3 is 9.13 Å². The lowest BCUT2D eigenvalue weighted by molar-refractivity contribution is 1.07. The van der Waals surface area contributed by atoms with Crippen LogP contribution in [-0.4, -0.2) is 29.1 Å². The van der Waals surface area contributed by atoms with Crippen molar-refractivity contribution in [3.05, 3.63) is 240 Å². The van der Waals surface area contributed by atoms with Gasteiger partial charge in [-0.2, -0.15) is 26.3 Å². The van der Waals surface area contributed by atoms with E-state index in [1.807, 2.05) is 146 Å². The zero-order valence-electron chi connectivity index (χ0n) is 41.1. The number of para-hydroxylation sites is 2. The molecule has 0 bridgehead atoms. The number of hydrogen-bond donors (Lipinski definition) is 0. The Morgan fingerprint density at radius 1 is 0.321 bits per heavy atom. The molecule has 0 aliphatic heterocycles. The maximum Gasteiger partial charge on any atom is 0.164 e. The van der Waals surface area contributed by atoms with Crippen molar-refractivity contribution in [3.8, 4) is 109 Å². The van der Waals surface area contributed by atoms with E-state index in [1.54, 1.807) is 42.6 Å². The van der Waals surface area contributed by atoms with Gasteiger partial charge in [0, 0.05) is 55.7 Å². The second-order valence-corrected chi connectivity index (χ2v) is 18.6. The number of aromatic nitrogens is 6.